The summed E-state index contributed by atoms with van der Waals surface area (Å²) in [6.45, 7) is 0. The smallest absolute Gasteiger partial charge is 0.256 e. The van der Waals surface area contributed by atoms with Gasteiger partial charge in [-0.3, -0.25) is 4.79 Å². The van der Waals surface area contributed by atoms with Gasteiger partial charge < -0.3 is 5.32 Å². The van der Waals surface area contributed by atoms with E-state index in [1.54, 1.807) is 0 Å². The van der Waals surface area contributed by atoms with E-state index in [-0.39, 0.29) is 15.9 Å². The highest BCUT2D eigenvalue weighted by Crippen LogP contribution is 2.22. The van der Waals surface area contributed by atoms with Gasteiger partial charge in [0.05, 0.1) is 0 Å². The number of hydrogen-bond acceptors (Lipinski definition) is 2. The molecule has 8 heteroatoms. The molecule has 2 aromatic rings. The molecule has 0 atom stereocenters. The van der Waals surface area contributed by atoms with Crippen LogP contribution in [0.2, 0.25) is 10.3 Å². The number of pyridine rings is 1. The van der Waals surface area contributed by atoms with Crippen molar-refractivity contribution in [1.82, 2.24) is 4.98 Å². The fraction of sp³-hybridized carbons (Fsp3) is 0. The first kappa shape index (κ1) is 14.6. The Morgan fingerprint density at radius 2 is 1.50 bits per heavy atom. The van der Waals surface area contributed by atoms with Crippen molar-refractivity contribution in [3.05, 3.63) is 57.6 Å². The van der Waals surface area contributed by atoms with Gasteiger partial charge >= 0.3 is 0 Å². The van der Waals surface area contributed by atoms with Crippen LogP contribution in [-0.2, 0) is 0 Å². The van der Waals surface area contributed by atoms with Crippen molar-refractivity contribution >= 4 is 34.8 Å². The van der Waals surface area contributed by atoms with Gasteiger partial charge in [-0.25, -0.2) is 18.2 Å². The van der Waals surface area contributed by atoms with Gasteiger partial charge in [0.25, 0.3) is 5.91 Å². The molecule has 1 aromatic carbocycles. The van der Waals surface area contributed by atoms with Gasteiger partial charge in [-0.2, -0.15) is 0 Å². The minimum atomic E-state index is -1.23. The van der Waals surface area contributed by atoms with Crippen molar-refractivity contribution in [2.45, 2.75) is 0 Å². The first-order valence-corrected chi connectivity index (χ1v) is 5.91. The normalized spacial score (nSPS) is 10.4. The number of nitrogens with one attached hydrogen (secondary N) is 1. The second-order valence-electron chi connectivity index (χ2n) is 3.70. The Hall–Kier alpha value is -1.79. The lowest BCUT2D eigenvalue weighted by Crippen LogP contribution is -2.15. The molecule has 1 aromatic heterocycles. The summed E-state index contributed by atoms with van der Waals surface area (Å²) in [4.78, 5) is 15.4. The average Bonchev–Trinajstić information content (AvgIpc) is 2.32. The second-order valence-corrected chi connectivity index (χ2v) is 4.47. The highest BCUT2D eigenvalue weighted by Gasteiger charge is 2.16. The number of carbonyl (C=O) groups excluding carboxylic acids is 1. The monoisotopic (exact) mass is 320 g/mol. The molecular formula is C12H5Cl2F3N2O. The number of amides is 1. The summed E-state index contributed by atoms with van der Waals surface area (Å²) in [6, 6.07) is 3.24. The van der Waals surface area contributed by atoms with Gasteiger partial charge in [-0.05, 0) is 12.1 Å². The van der Waals surface area contributed by atoms with E-state index in [2.05, 4.69) is 4.98 Å². The van der Waals surface area contributed by atoms with Crippen molar-refractivity contribution in [1.29, 1.82) is 0 Å². The van der Waals surface area contributed by atoms with Crippen LogP contribution in [0.25, 0.3) is 0 Å². The lowest BCUT2D eigenvalue weighted by molar-refractivity contribution is 0.102. The fourth-order valence-electron chi connectivity index (χ4n) is 1.44. The van der Waals surface area contributed by atoms with Crippen molar-refractivity contribution in [2.24, 2.45) is 0 Å². The first-order chi connectivity index (χ1) is 9.36. The number of halogens is 5. The Kier molecular flexibility index (Phi) is 4.15. The Morgan fingerprint density at radius 3 is 2.00 bits per heavy atom. The molecule has 1 amide bonds. The zero-order valence-electron chi connectivity index (χ0n) is 9.55. The minimum Gasteiger partial charge on any atom is -0.317 e. The van der Waals surface area contributed by atoms with E-state index in [4.69, 9.17) is 23.2 Å². The molecule has 0 bridgehead atoms. The van der Waals surface area contributed by atoms with E-state index in [1.807, 2.05) is 5.32 Å². The van der Waals surface area contributed by atoms with Crippen LogP contribution in [0.1, 0.15) is 10.4 Å². The number of anilines is 1. The van der Waals surface area contributed by atoms with Gasteiger partial charge in [-0.15, -0.1) is 0 Å². The predicted molar refractivity (Wildman–Crippen MR) is 68.5 cm³/mol. The molecule has 20 heavy (non-hydrogen) atoms. The third-order valence-electron chi connectivity index (χ3n) is 2.27. The van der Waals surface area contributed by atoms with E-state index in [9.17, 15) is 18.0 Å². The van der Waals surface area contributed by atoms with E-state index in [0.717, 1.165) is 0 Å². The summed E-state index contributed by atoms with van der Waals surface area (Å²) in [5, 5.41) is 1.87. The van der Waals surface area contributed by atoms with Gasteiger partial charge in [-0.1, -0.05) is 23.2 Å². The minimum absolute atomic E-state index is 0.0434. The van der Waals surface area contributed by atoms with Crippen molar-refractivity contribution < 1.29 is 18.0 Å². The zero-order chi connectivity index (χ0) is 14.9. The predicted octanol–water partition coefficient (Wildman–Crippen LogP) is 4.06. The molecule has 2 rings (SSSR count). The molecule has 104 valence electrons. The first-order valence-electron chi connectivity index (χ1n) is 5.16. The molecular weight excluding hydrogens is 316 g/mol. The summed E-state index contributed by atoms with van der Waals surface area (Å²) in [5.74, 6) is -4.42. The van der Waals surface area contributed by atoms with E-state index in [0.29, 0.717) is 12.1 Å². The molecule has 0 saturated heterocycles. The van der Waals surface area contributed by atoms with Crippen LogP contribution in [-0.4, -0.2) is 10.9 Å². The van der Waals surface area contributed by atoms with Crippen LogP contribution < -0.4 is 5.32 Å². The fourth-order valence-corrected chi connectivity index (χ4v) is 1.90. The van der Waals surface area contributed by atoms with E-state index in [1.165, 1.54) is 12.1 Å². The Labute approximate surface area is 121 Å². The Bertz CT molecular complexity index is 651. The standard InChI is InChI=1S/C12H5Cl2F3N2O/c13-9-1-5(2-10(14)18-9)12(20)19-11-7(16)3-6(15)4-8(11)17/h1-4H,(H,19,20). The molecule has 1 heterocycles. The number of hydrogen-bond donors (Lipinski definition) is 1. The lowest BCUT2D eigenvalue weighted by atomic mass is 10.2. The molecule has 0 aliphatic rings. The van der Waals surface area contributed by atoms with Crippen LogP contribution in [0.4, 0.5) is 18.9 Å². The van der Waals surface area contributed by atoms with Crippen LogP contribution in [0.15, 0.2) is 24.3 Å². The third kappa shape index (κ3) is 3.20. The molecule has 0 unspecified atom stereocenters. The van der Waals surface area contributed by atoms with Gasteiger partial charge in [0, 0.05) is 17.7 Å². The molecule has 3 nitrogen and oxygen atoms in total. The molecule has 0 aliphatic carbocycles. The highest BCUT2D eigenvalue weighted by atomic mass is 35.5. The summed E-state index contributed by atoms with van der Waals surface area (Å²) < 4.78 is 39.5. The van der Waals surface area contributed by atoms with Crippen molar-refractivity contribution in [3.63, 3.8) is 0 Å². The molecule has 1 N–H and O–H groups in total. The molecule has 0 spiro atoms. The van der Waals surface area contributed by atoms with E-state index >= 15 is 0 Å². The van der Waals surface area contributed by atoms with Gasteiger partial charge in [0.15, 0.2) is 11.6 Å². The van der Waals surface area contributed by atoms with Crippen LogP contribution in [0, 0.1) is 17.5 Å². The summed E-state index contributed by atoms with van der Waals surface area (Å²) >= 11 is 11.2. The summed E-state index contributed by atoms with van der Waals surface area (Å²) in [7, 11) is 0. The third-order valence-corrected chi connectivity index (χ3v) is 2.66. The molecule has 0 aliphatic heterocycles. The number of nitrogens with zero attached hydrogens (tertiary/aromatic N) is 1. The van der Waals surface area contributed by atoms with Crippen LogP contribution >= 0.6 is 23.2 Å². The Balaban J connectivity index is 2.32. The van der Waals surface area contributed by atoms with Crippen LogP contribution in [0.5, 0.6) is 0 Å². The maximum Gasteiger partial charge on any atom is 0.256 e. The molecule has 0 saturated carbocycles. The average molecular weight is 321 g/mol. The maximum atomic E-state index is 13.4. The van der Waals surface area contributed by atoms with Crippen molar-refractivity contribution in [3.8, 4) is 0 Å². The molecule has 0 fully saturated rings. The zero-order valence-corrected chi connectivity index (χ0v) is 11.1. The van der Waals surface area contributed by atoms with E-state index < -0.39 is 29.0 Å². The number of benzene rings is 1. The second kappa shape index (κ2) is 5.68. The maximum absolute atomic E-state index is 13.4. The summed E-state index contributed by atoms with van der Waals surface area (Å²) in [5.41, 5.74) is -0.807. The SMILES string of the molecule is O=C(Nc1c(F)cc(F)cc1F)c1cc(Cl)nc(Cl)c1. The quantitative estimate of drug-likeness (QED) is 0.848. The van der Waals surface area contributed by atoms with Crippen LogP contribution in [0.3, 0.4) is 0 Å². The molecule has 0 radical (unpaired) electrons. The lowest BCUT2D eigenvalue weighted by Gasteiger charge is -2.08. The number of rotatable bonds is 2. The van der Waals surface area contributed by atoms with Gasteiger partial charge in [0.1, 0.15) is 21.8 Å². The largest absolute Gasteiger partial charge is 0.317 e. The number of aromatic nitrogens is 1. The topological polar surface area (TPSA) is 42.0 Å². The highest BCUT2D eigenvalue weighted by molar-refractivity contribution is 6.33. The number of carbonyl (C=O) groups is 1. The Morgan fingerprint density at radius 1 is 1.00 bits per heavy atom. The summed E-state index contributed by atoms with van der Waals surface area (Å²) in [6.07, 6.45) is 0. The van der Waals surface area contributed by atoms with Crippen molar-refractivity contribution in [2.75, 3.05) is 5.32 Å². The van der Waals surface area contributed by atoms with Gasteiger partial charge in [0.2, 0.25) is 0 Å².